The van der Waals surface area contributed by atoms with Crippen molar-refractivity contribution in [1.29, 1.82) is 0 Å². The third-order valence-electron chi connectivity index (χ3n) is 4.91. The molecule has 1 aliphatic rings. The van der Waals surface area contributed by atoms with E-state index >= 15 is 0 Å². The van der Waals surface area contributed by atoms with E-state index in [4.69, 9.17) is 28.6 Å². The van der Waals surface area contributed by atoms with Gasteiger partial charge in [-0.3, -0.25) is 20.2 Å². The lowest BCUT2D eigenvalue weighted by atomic mass is 10.1. The summed E-state index contributed by atoms with van der Waals surface area (Å²) >= 11 is 10.8. The number of thiocarbonyl (C=S) groups is 1. The van der Waals surface area contributed by atoms with Gasteiger partial charge in [-0.25, -0.2) is 0 Å². The third-order valence-corrected chi connectivity index (χ3v) is 5.37. The molecule has 0 radical (unpaired) electrons. The zero-order chi connectivity index (χ0) is 21.3. The number of nitrogens with one attached hydrogen (secondary N) is 2. The average Bonchev–Trinajstić information content (AvgIpc) is 2.97. The SMILES string of the molecule is Cc1c(C=C2C(=O)NC(=S)NC2=O)c2ccccc2n1CCOc1ccc(Cl)cc1. The molecule has 0 spiro atoms. The molecule has 1 aromatic heterocycles. The smallest absolute Gasteiger partial charge is 0.263 e. The molecule has 0 saturated carbocycles. The van der Waals surface area contributed by atoms with Crippen molar-refractivity contribution in [2.24, 2.45) is 0 Å². The van der Waals surface area contributed by atoms with Crippen LogP contribution in [0.4, 0.5) is 0 Å². The van der Waals surface area contributed by atoms with Crippen molar-refractivity contribution >= 4 is 57.7 Å². The van der Waals surface area contributed by atoms with E-state index in [0.29, 0.717) is 18.2 Å². The summed E-state index contributed by atoms with van der Waals surface area (Å²) in [6, 6.07) is 15.1. The van der Waals surface area contributed by atoms with Gasteiger partial charge in [0.2, 0.25) is 0 Å². The molecule has 0 aliphatic carbocycles. The van der Waals surface area contributed by atoms with Gasteiger partial charge in [0.15, 0.2) is 5.11 Å². The van der Waals surface area contributed by atoms with E-state index in [9.17, 15) is 9.59 Å². The normalized spacial score (nSPS) is 13.9. The number of para-hydroxylation sites is 1. The van der Waals surface area contributed by atoms with Gasteiger partial charge >= 0.3 is 0 Å². The largest absolute Gasteiger partial charge is 0.492 e. The van der Waals surface area contributed by atoms with Crippen molar-refractivity contribution in [3.05, 3.63) is 70.4 Å². The van der Waals surface area contributed by atoms with E-state index in [1.807, 2.05) is 43.3 Å². The molecule has 1 aliphatic heterocycles. The summed E-state index contributed by atoms with van der Waals surface area (Å²) in [5, 5.41) is 6.55. The molecule has 6 nitrogen and oxygen atoms in total. The summed E-state index contributed by atoms with van der Waals surface area (Å²) in [5.41, 5.74) is 2.75. The quantitative estimate of drug-likeness (QED) is 0.362. The van der Waals surface area contributed by atoms with Gasteiger partial charge in [0.25, 0.3) is 11.8 Å². The summed E-state index contributed by atoms with van der Waals surface area (Å²) in [7, 11) is 0. The zero-order valence-electron chi connectivity index (χ0n) is 16.1. The number of fused-ring (bicyclic) bond motifs is 1. The maximum atomic E-state index is 12.3. The molecular formula is C22H18ClN3O3S. The summed E-state index contributed by atoms with van der Waals surface area (Å²) in [4.78, 5) is 24.5. The lowest BCUT2D eigenvalue weighted by molar-refractivity contribution is -0.123. The second-order valence-electron chi connectivity index (χ2n) is 6.77. The van der Waals surface area contributed by atoms with E-state index in [1.54, 1.807) is 18.2 Å². The molecule has 0 bridgehead atoms. The van der Waals surface area contributed by atoms with Gasteiger partial charge in [0.1, 0.15) is 17.9 Å². The van der Waals surface area contributed by atoms with E-state index < -0.39 is 11.8 Å². The van der Waals surface area contributed by atoms with Gasteiger partial charge in [0.05, 0.1) is 6.54 Å². The molecule has 0 atom stereocenters. The van der Waals surface area contributed by atoms with Crippen LogP contribution in [0.25, 0.3) is 17.0 Å². The summed E-state index contributed by atoms with van der Waals surface area (Å²) in [6.07, 6.45) is 1.61. The van der Waals surface area contributed by atoms with Crippen LogP contribution >= 0.6 is 23.8 Å². The van der Waals surface area contributed by atoms with E-state index in [1.165, 1.54) is 0 Å². The maximum Gasteiger partial charge on any atom is 0.263 e. The molecule has 1 saturated heterocycles. The molecule has 8 heteroatoms. The molecule has 2 heterocycles. The molecule has 3 aromatic rings. The van der Waals surface area contributed by atoms with Crippen molar-refractivity contribution in [2.75, 3.05) is 6.61 Å². The molecule has 4 rings (SSSR count). The highest BCUT2D eigenvalue weighted by Gasteiger charge is 2.26. The molecular weight excluding hydrogens is 422 g/mol. The fraction of sp³-hybridized carbons (Fsp3) is 0.136. The van der Waals surface area contributed by atoms with Crippen LogP contribution in [0.1, 0.15) is 11.3 Å². The van der Waals surface area contributed by atoms with Crippen LogP contribution in [0.3, 0.4) is 0 Å². The van der Waals surface area contributed by atoms with Crippen molar-refractivity contribution in [3.8, 4) is 5.75 Å². The van der Waals surface area contributed by atoms with E-state index in [-0.39, 0.29) is 10.7 Å². The van der Waals surface area contributed by atoms with Crippen LogP contribution in [-0.2, 0) is 16.1 Å². The second-order valence-corrected chi connectivity index (χ2v) is 7.61. The summed E-state index contributed by atoms with van der Waals surface area (Å²) in [5.74, 6) is -0.278. The number of rotatable bonds is 5. The van der Waals surface area contributed by atoms with Crippen LogP contribution in [0.5, 0.6) is 5.75 Å². The fourth-order valence-corrected chi connectivity index (χ4v) is 3.78. The maximum absolute atomic E-state index is 12.3. The number of carbonyl (C=O) groups is 2. The van der Waals surface area contributed by atoms with Gasteiger partial charge in [-0.15, -0.1) is 0 Å². The summed E-state index contributed by atoms with van der Waals surface area (Å²) in [6.45, 7) is 3.00. The summed E-state index contributed by atoms with van der Waals surface area (Å²) < 4.78 is 7.95. The Labute approximate surface area is 183 Å². The predicted octanol–water partition coefficient (Wildman–Crippen LogP) is 3.60. The second kappa shape index (κ2) is 8.30. The third kappa shape index (κ3) is 3.94. The molecule has 152 valence electrons. The molecule has 2 aromatic carbocycles. The van der Waals surface area contributed by atoms with Gasteiger partial charge in [-0.05, 0) is 55.5 Å². The van der Waals surface area contributed by atoms with Gasteiger partial charge in [-0.2, -0.15) is 0 Å². The van der Waals surface area contributed by atoms with Gasteiger partial charge in [-0.1, -0.05) is 29.8 Å². The molecule has 2 N–H and O–H groups in total. The average molecular weight is 440 g/mol. The Bertz CT molecular complexity index is 1180. The van der Waals surface area contributed by atoms with Crippen LogP contribution in [0.2, 0.25) is 5.02 Å². The van der Waals surface area contributed by atoms with Crippen molar-refractivity contribution in [1.82, 2.24) is 15.2 Å². The van der Waals surface area contributed by atoms with Crippen LogP contribution in [0.15, 0.2) is 54.1 Å². The number of halogens is 1. The molecule has 2 amide bonds. The number of ether oxygens (including phenoxy) is 1. The Balaban J connectivity index is 1.65. The molecule has 0 unspecified atom stereocenters. The van der Waals surface area contributed by atoms with Crippen LogP contribution in [0, 0.1) is 6.92 Å². The highest BCUT2D eigenvalue weighted by molar-refractivity contribution is 7.80. The highest BCUT2D eigenvalue weighted by Crippen LogP contribution is 2.28. The number of carbonyl (C=O) groups excluding carboxylic acids is 2. The Kier molecular flexibility index (Phi) is 5.57. The Hall–Kier alpha value is -3.16. The minimum absolute atomic E-state index is 0.0145. The van der Waals surface area contributed by atoms with Crippen LogP contribution < -0.4 is 15.4 Å². The monoisotopic (exact) mass is 439 g/mol. The minimum atomic E-state index is -0.508. The molecule has 30 heavy (non-hydrogen) atoms. The first-order chi connectivity index (χ1) is 14.4. The first-order valence-electron chi connectivity index (χ1n) is 9.28. The first-order valence-corrected chi connectivity index (χ1v) is 10.1. The lowest BCUT2D eigenvalue weighted by Gasteiger charge is -2.16. The Morgan fingerprint density at radius 2 is 1.73 bits per heavy atom. The highest BCUT2D eigenvalue weighted by atomic mass is 35.5. The Morgan fingerprint density at radius 3 is 2.43 bits per heavy atom. The standard InChI is InChI=1S/C22H18ClN3O3S/c1-13-17(12-18-20(27)24-22(30)25-21(18)28)16-4-2-3-5-19(16)26(13)10-11-29-15-8-6-14(23)7-9-15/h2-9,12H,10-11H2,1H3,(H2,24,25,27,28,30). The van der Waals surface area contributed by atoms with E-state index in [0.717, 1.165) is 27.9 Å². The zero-order valence-corrected chi connectivity index (χ0v) is 17.6. The number of amides is 2. The van der Waals surface area contributed by atoms with Gasteiger partial charge < -0.3 is 9.30 Å². The van der Waals surface area contributed by atoms with E-state index in [2.05, 4.69) is 15.2 Å². The number of hydrogen-bond acceptors (Lipinski definition) is 4. The van der Waals surface area contributed by atoms with Crippen molar-refractivity contribution < 1.29 is 14.3 Å². The number of hydrogen-bond donors (Lipinski definition) is 2. The lowest BCUT2D eigenvalue weighted by Crippen LogP contribution is -2.51. The molecule has 1 fully saturated rings. The topological polar surface area (TPSA) is 72.4 Å². The van der Waals surface area contributed by atoms with Crippen LogP contribution in [-0.4, -0.2) is 28.1 Å². The number of nitrogens with zero attached hydrogens (tertiary/aromatic N) is 1. The number of benzene rings is 2. The Morgan fingerprint density at radius 1 is 1.07 bits per heavy atom. The fourth-order valence-electron chi connectivity index (χ4n) is 3.46. The number of aromatic nitrogens is 1. The van der Waals surface area contributed by atoms with Crippen molar-refractivity contribution in [3.63, 3.8) is 0 Å². The van der Waals surface area contributed by atoms with Gasteiger partial charge in [0, 0.05) is 27.2 Å². The van der Waals surface area contributed by atoms with Crippen molar-refractivity contribution in [2.45, 2.75) is 13.5 Å². The minimum Gasteiger partial charge on any atom is -0.492 e. The first kappa shape index (κ1) is 20.1. The predicted molar refractivity (Wildman–Crippen MR) is 120 cm³/mol.